The van der Waals surface area contributed by atoms with Gasteiger partial charge in [0.05, 0.1) is 12.3 Å². The number of nitrogens with one attached hydrogen (secondary N) is 1. The van der Waals surface area contributed by atoms with E-state index in [2.05, 4.69) is 5.32 Å². The number of likely N-dealkylation sites (N-methyl/N-ethyl adjacent to an activating group) is 1. The van der Waals surface area contributed by atoms with Gasteiger partial charge in [0.15, 0.2) is 0 Å². The summed E-state index contributed by atoms with van der Waals surface area (Å²) in [6.45, 7) is 1.53. The minimum atomic E-state index is -0.769. The van der Waals surface area contributed by atoms with Gasteiger partial charge >= 0.3 is 0 Å². The molecule has 1 unspecified atom stereocenters. The maximum atomic E-state index is 13.5. The average Bonchev–Trinajstić information content (AvgIpc) is 2.38. The van der Waals surface area contributed by atoms with Crippen molar-refractivity contribution in [1.29, 1.82) is 0 Å². The highest BCUT2D eigenvalue weighted by atomic mass is 19.1. The van der Waals surface area contributed by atoms with Crippen LogP contribution >= 0.6 is 0 Å². The molecule has 1 aliphatic rings. The van der Waals surface area contributed by atoms with Crippen molar-refractivity contribution >= 4 is 11.6 Å². The van der Waals surface area contributed by atoms with E-state index < -0.39 is 17.7 Å². The summed E-state index contributed by atoms with van der Waals surface area (Å²) >= 11 is 0. The van der Waals surface area contributed by atoms with Crippen LogP contribution in [0.2, 0.25) is 0 Å². The molecule has 0 aliphatic carbocycles. The summed E-state index contributed by atoms with van der Waals surface area (Å²) < 4.78 is 31.6. The molecule has 0 radical (unpaired) electrons. The fourth-order valence-electron chi connectivity index (χ4n) is 1.81. The van der Waals surface area contributed by atoms with E-state index in [0.29, 0.717) is 19.7 Å². The molecule has 0 spiro atoms. The Balaban J connectivity index is 2.14. The van der Waals surface area contributed by atoms with Gasteiger partial charge in [-0.3, -0.25) is 4.79 Å². The summed E-state index contributed by atoms with van der Waals surface area (Å²) in [6.07, 6.45) is -0.631. The molecule has 1 fully saturated rings. The van der Waals surface area contributed by atoms with E-state index in [4.69, 9.17) is 4.74 Å². The van der Waals surface area contributed by atoms with Crippen molar-refractivity contribution in [3.05, 3.63) is 29.8 Å². The van der Waals surface area contributed by atoms with Crippen LogP contribution in [0.15, 0.2) is 18.2 Å². The van der Waals surface area contributed by atoms with E-state index in [0.717, 1.165) is 17.0 Å². The third-order valence-corrected chi connectivity index (χ3v) is 2.80. The van der Waals surface area contributed by atoms with Gasteiger partial charge in [-0.1, -0.05) is 0 Å². The molecular formula is C12H14F2N2O2. The SMILES string of the molecule is CN(C(=O)C1CNCCO1)c1ccc(F)cc1F. The maximum absolute atomic E-state index is 13.5. The van der Waals surface area contributed by atoms with E-state index >= 15 is 0 Å². The van der Waals surface area contributed by atoms with Gasteiger partial charge in [-0.2, -0.15) is 0 Å². The molecule has 98 valence electrons. The van der Waals surface area contributed by atoms with Crippen LogP contribution in [0.5, 0.6) is 0 Å². The number of carbonyl (C=O) groups is 1. The van der Waals surface area contributed by atoms with Crippen LogP contribution < -0.4 is 10.2 Å². The topological polar surface area (TPSA) is 41.6 Å². The molecule has 1 N–H and O–H groups in total. The highest BCUT2D eigenvalue weighted by Gasteiger charge is 2.26. The van der Waals surface area contributed by atoms with Crippen molar-refractivity contribution in [2.75, 3.05) is 31.6 Å². The number of ether oxygens (including phenoxy) is 1. The number of amides is 1. The highest BCUT2D eigenvalue weighted by molar-refractivity contribution is 5.96. The first-order chi connectivity index (χ1) is 8.59. The van der Waals surface area contributed by atoms with Gasteiger partial charge in [0.2, 0.25) is 0 Å². The number of anilines is 1. The molecule has 1 saturated heterocycles. The second-order valence-electron chi connectivity index (χ2n) is 4.06. The summed E-state index contributed by atoms with van der Waals surface area (Å²) in [6, 6.07) is 3.10. The number of benzene rings is 1. The van der Waals surface area contributed by atoms with Crippen LogP contribution in [0.1, 0.15) is 0 Å². The Morgan fingerprint density at radius 1 is 1.50 bits per heavy atom. The van der Waals surface area contributed by atoms with Crippen LogP contribution in [-0.2, 0) is 9.53 Å². The number of rotatable bonds is 2. The van der Waals surface area contributed by atoms with Gasteiger partial charge in [0, 0.05) is 26.2 Å². The summed E-state index contributed by atoms with van der Waals surface area (Å²) in [4.78, 5) is 13.2. The first-order valence-corrected chi connectivity index (χ1v) is 5.64. The molecule has 1 aromatic rings. The van der Waals surface area contributed by atoms with Gasteiger partial charge in [-0.25, -0.2) is 8.78 Å². The Bertz CT molecular complexity index is 448. The average molecular weight is 256 g/mol. The lowest BCUT2D eigenvalue weighted by Gasteiger charge is -2.27. The number of carbonyl (C=O) groups excluding carboxylic acids is 1. The Morgan fingerprint density at radius 2 is 2.28 bits per heavy atom. The monoisotopic (exact) mass is 256 g/mol. The minimum Gasteiger partial charge on any atom is -0.366 e. The maximum Gasteiger partial charge on any atom is 0.257 e. The number of halogens is 2. The lowest BCUT2D eigenvalue weighted by molar-refractivity contribution is -0.131. The molecular weight excluding hydrogens is 242 g/mol. The van der Waals surface area contributed by atoms with Crippen molar-refractivity contribution in [2.24, 2.45) is 0 Å². The fraction of sp³-hybridized carbons (Fsp3) is 0.417. The molecule has 1 aliphatic heterocycles. The summed E-state index contributed by atoms with van der Waals surface area (Å²) in [5.74, 6) is -1.80. The molecule has 1 aromatic carbocycles. The fourth-order valence-corrected chi connectivity index (χ4v) is 1.81. The van der Waals surface area contributed by atoms with Crippen molar-refractivity contribution in [2.45, 2.75) is 6.10 Å². The Hall–Kier alpha value is -1.53. The molecule has 2 rings (SSSR count). The van der Waals surface area contributed by atoms with Crippen molar-refractivity contribution < 1.29 is 18.3 Å². The predicted molar refractivity (Wildman–Crippen MR) is 62.4 cm³/mol. The quantitative estimate of drug-likeness (QED) is 0.855. The summed E-state index contributed by atoms with van der Waals surface area (Å²) in [5.41, 5.74) is 0.0376. The molecule has 4 nitrogen and oxygen atoms in total. The zero-order valence-corrected chi connectivity index (χ0v) is 9.95. The van der Waals surface area contributed by atoms with Crippen molar-refractivity contribution in [3.8, 4) is 0 Å². The molecule has 0 saturated carbocycles. The third kappa shape index (κ3) is 2.65. The Morgan fingerprint density at radius 3 is 2.89 bits per heavy atom. The van der Waals surface area contributed by atoms with E-state index in [1.165, 1.54) is 13.1 Å². The summed E-state index contributed by atoms with van der Waals surface area (Å²) in [7, 11) is 1.44. The number of hydrogen-bond donors (Lipinski definition) is 1. The molecule has 1 atom stereocenters. The van der Waals surface area contributed by atoms with Crippen molar-refractivity contribution in [1.82, 2.24) is 5.32 Å². The summed E-state index contributed by atoms with van der Waals surface area (Å²) in [5, 5.41) is 3.02. The predicted octanol–water partition coefficient (Wildman–Crippen LogP) is 0.916. The largest absolute Gasteiger partial charge is 0.366 e. The standard InChI is InChI=1S/C12H14F2N2O2/c1-16(10-3-2-8(13)6-9(10)14)12(17)11-7-15-4-5-18-11/h2-3,6,11,15H,4-5,7H2,1H3. The minimum absolute atomic E-state index is 0.0376. The second kappa shape index (κ2) is 5.41. The number of morpholine rings is 1. The third-order valence-electron chi connectivity index (χ3n) is 2.80. The van der Waals surface area contributed by atoms with Crippen molar-refractivity contribution in [3.63, 3.8) is 0 Å². The first-order valence-electron chi connectivity index (χ1n) is 5.64. The lowest BCUT2D eigenvalue weighted by Crippen LogP contribution is -2.48. The normalized spacial score (nSPS) is 19.6. The Kier molecular flexibility index (Phi) is 3.88. The van der Waals surface area contributed by atoms with Crippen LogP contribution in [0.4, 0.5) is 14.5 Å². The molecule has 1 heterocycles. The van der Waals surface area contributed by atoms with Gasteiger partial charge in [-0.05, 0) is 12.1 Å². The molecule has 6 heteroatoms. The smallest absolute Gasteiger partial charge is 0.257 e. The van der Waals surface area contributed by atoms with Gasteiger partial charge in [0.25, 0.3) is 5.91 Å². The van der Waals surface area contributed by atoms with E-state index in [-0.39, 0.29) is 11.6 Å². The lowest BCUT2D eigenvalue weighted by atomic mass is 10.2. The van der Waals surface area contributed by atoms with Crippen LogP contribution in [0.3, 0.4) is 0 Å². The molecule has 0 bridgehead atoms. The molecule has 1 amide bonds. The molecule has 18 heavy (non-hydrogen) atoms. The second-order valence-corrected chi connectivity index (χ2v) is 4.06. The van der Waals surface area contributed by atoms with Gasteiger partial charge in [-0.15, -0.1) is 0 Å². The number of hydrogen-bond acceptors (Lipinski definition) is 3. The highest BCUT2D eigenvalue weighted by Crippen LogP contribution is 2.20. The van der Waals surface area contributed by atoms with E-state index in [1.807, 2.05) is 0 Å². The van der Waals surface area contributed by atoms with Crippen LogP contribution in [-0.4, -0.2) is 38.8 Å². The van der Waals surface area contributed by atoms with E-state index in [1.54, 1.807) is 0 Å². The Labute approximate surface area is 104 Å². The number of nitrogens with zero attached hydrogens (tertiary/aromatic N) is 1. The van der Waals surface area contributed by atoms with Crippen LogP contribution in [0.25, 0.3) is 0 Å². The first kappa shape index (κ1) is 12.9. The van der Waals surface area contributed by atoms with E-state index in [9.17, 15) is 13.6 Å². The molecule has 0 aromatic heterocycles. The zero-order chi connectivity index (χ0) is 13.1. The van der Waals surface area contributed by atoms with Gasteiger partial charge in [0.1, 0.15) is 17.7 Å². The zero-order valence-electron chi connectivity index (χ0n) is 9.95. The van der Waals surface area contributed by atoms with Crippen LogP contribution in [0, 0.1) is 11.6 Å². The van der Waals surface area contributed by atoms with Gasteiger partial charge < -0.3 is 15.0 Å².